The van der Waals surface area contributed by atoms with E-state index in [0.29, 0.717) is 32.9 Å². The van der Waals surface area contributed by atoms with Crippen LogP contribution < -0.4 is 5.32 Å². The molecule has 168 valence electrons. The van der Waals surface area contributed by atoms with Crippen molar-refractivity contribution in [1.82, 2.24) is 15.2 Å². The number of aromatic nitrogens is 1. The van der Waals surface area contributed by atoms with Crippen molar-refractivity contribution in [2.24, 2.45) is 0 Å². The highest BCUT2D eigenvalue weighted by molar-refractivity contribution is 8.01. The summed E-state index contributed by atoms with van der Waals surface area (Å²) in [6.07, 6.45) is 0. The number of thioether (sulfide) groups is 2. The van der Waals surface area contributed by atoms with Gasteiger partial charge in [-0.3, -0.25) is 14.5 Å². The molecule has 0 aromatic carbocycles. The fraction of sp³-hybridized carbons (Fsp3) is 0.316. The van der Waals surface area contributed by atoms with Gasteiger partial charge in [-0.1, -0.05) is 17.8 Å². The molecule has 2 aliphatic heterocycles. The number of aryl methyl sites for hydroxylation is 2. The van der Waals surface area contributed by atoms with Crippen LogP contribution in [0.4, 0.5) is 0 Å². The maximum absolute atomic E-state index is 12.8. The number of rotatable bonds is 7. The molecule has 1 fully saturated rings. The van der Waals surface area contributed by atoms with Crippen LogP contribution >= 0.6 is 34.9 Å². The van der Waals surface area contributed by atoms with Crippen molar-refractivity contribution >= 4 is 68.8 Å². The predicted molar refractivity (Wildman–Crippen MR) is 123 cm³/mol. The van der Waals surface area contributed by atoms with Gasteiger partial charge in [-0.2, -0.15) is 0 Å². The third-order valence-corrected chi connectivity index (χ3v) is 8.87. The van der Waals surface area contributed by atoms with Gasteiger partial charge in [0.15, 0.2) is 11.0 Å². The Labute approximate surface area is 198 Å². The number of oxazole rings is 1. The summed E-state index contributed by atoms with van der Waals surface area (Å²) in [6.45, 7) is 3.55. The number of β-lactam (4-membered cyclic amide) rings is 1. The number of amides is 2. The van der Waals surface area contributed by atoms with E-state index in [1.807, 2.05) is 6.92 Å². The van der Waals surface area contributed by atoms with E-state index in [1.165, 1.54) is 39.8 Å². The molecule has 0 bridgehead atoms. The van der Waals surface area contributed by atoms with Crippen LogP contribution in [0.5, 0.6) is 0 Å². The van der Waals surface area contributed by atoms with Crippen molar-refractivity contribution in [2.45, 2.75) is 30.4 Å². The third kappa shape index (κ3) is 4.17. The lowest BCUT2D eigenvalue weighted by atomic mass is 10.0. The maximum Gasteiger partial charge on any atom is 0.352 e. The lowest BCUT2D eigenvalue weighted by molar-refractivity contribution is -0.150. The first kappa shape index (κ1) is 22.8. The molecule has 0 saturated carbocycles. The zero-order valence-electron chi connectivity index (χ0n) is 16.8. The van der Waals surface area contributed by atoms with Crippen molar-refractivity contribution in [3.8, 4) is 0 Å². The van der Waals surface area contributed by atoms with Crippen LogP contribution in [0.3, 0.4) is 0 Å². The number of hydrogen-bond acceptors (Lipinski definition) is 9. The van der Waals surface area contributed by atoms with E-state index in [1.54, 1.807) is 24.4 Å². The van der Waals surface area contributed by atoms with E-state index in [2.05, 4.69) is 10.3 Å². The fourth-order valence-electron chi connectivity index (χ4n) is 3.40. The Kier molecular flexibility index (Phi) is 6.60. The highest BCUT2D eigenvalue weighted by Gasteiger charge is 2.54. The quantitative estimate of drug-likeness (QED) is 0.246. The Bertz CT molecular complexity index is 1180. The molecular weight excluding hydrogens is 494 g/mol. The Morgan fingerprint density at radius 3 is 2.78 bits per heavy atom. The highest BCUT2D eigenvalue weighted by atomic mass is 32.2. The van der Waals surface area contributed by atoms with E-state index in [-0.39, 0.29) is 21.8 Å². The average Bonchev–Trinajstić information content (AvgIpc) is 3.39. The van der Waals surface area contributed by atoms with E-state index in [4.69, 9.17) is 4.42 Å². The SMILES string of the molecule is Cc1nc(C)c(SCC2=C(C(=O)O)N3C(=O)C(NC(=O)C(=S=O)c4cccs4)[C@H]3SC2)o1. The van der Waals surface area contributed by atoms with Gasteiger partial charge in [0.05, 0.1) is 10.6 Å². The second kappa shape index (κ2) is 9.25. The van der Waals surface area contributed by atoms with Crippen LogP contribution in [0.1, 0.15) is 16.5 Å². The summed E-state index contributed by atoms with van der Waals surface area (Å²) in [5.74, 6) is -1.09. The summed E-state index contributed by atoms with van der Waals surface area (Å²) >= 11 is 4.03. The van der Waals surface area contributed by atoms with Crippen LogP contribution in [-0.4, -0.2) is 64.8 Å². The number of carboxylic acids is 1. The summed E-state index contributed by atoms with van der Waals surface area (Å²) in [5, 5.41) is 14.2. The molecule has 2 aromatic rings. The molecule has 9 nitrogen and oxygen atoms in total. The van der Waals surface area contributed by atoms with E-state index in [0.717, 1.165) is 5.69 Å². The molecule has 13 heteroatoms. The van der Waals surface area contributed by atoms with Crippen molar-refractivity contribution in [3.05, 3.63) is 45.2 Å². The zero-order valence-corrected chi connectivity index (χ0v) is 20.1. The Morgan fingerprint density at radius 1 is 1.41 bits per heavy atom. The zero-order chi connectivity index (χ0) is 23.0. The number of nitrogens with zero attached hydrogens (tertiary/aromatic N) is 2. The van der Waals surface area contributed by atoms with Gasteiger partial charge in [-0.05, 0) is 23.9 Å². The molecule has 2 amide bonds. The highest BCUT2D eigenvalue weighted by Crippen LogP contribution is 2.41. The van der Waals surface area contributed by atoms with E-state index < -0.39 is 29.2 Å². The van der Waals surface area contributed by atoms with Gasteiger partial charge < -0.3 is 14.8 Å². The number of fused-ring (bicyclic) bond motifs is 1. The molecule has 1 unspecified atom stereocenters. The molecule has 4 heterocycles. The normalized spacial score (nSPS) is 19.9. The predicted octanol–water partition coefficient (Wildman–Crippen LogP) is 1.62. The molecule has 2 atom stereocenters. The molecule has 2 N–H and O–H groups in total. The minimum Gasteiger partial charge on any atom is -0.477 e. The molecule has 2 aliphatic rings. The van der Waals surface area contributed by atoms with Crippen molar-refractivity contribution in [2.75, 3.05) is 11.5 Å². The van der Waals surface area contributed by atoms with Gasteiger partial charge in [-0.25, -0.2) is 14.0 Å². The van der Waals surface area contributed by atoms with E-state index in [9.17, 15) is 23.7 Å². The molecule has 0 spiro atoms. The smallest absolute Gasteiger partial charge is 0.352 e. The van der Waals surface area contributed by atoms with Gasteiger partial charge in [0.2, 0.25) is 0 Å². The second-order valence-electron chi connectivity index (χ2n) is 6.90. The monoisotopic (exact) mass is 511 g/mol. The summed E-state index contributed by atoms with van der Waals surface area (Å²) < 4.78 is 17.0. The van der Waals surface area contributed by atoms with Crippen molar-refractivity contribution < 1.29 is 28.1 Å². The Morgan fingerprint density at radius 2 is 2.19 bits per heavy atom. The minimum absolute atomic E-state index is 0.0177. The number of carboxylic acid groups (broad SMARTS) is 1. The number of nitrogens with one attached hydrogen (secondary N) is 1. The van der Waals surface area contributed by atoms with Crippen LogP contribution in [0, 0.1) is 13.8 Å². The van der Waals surface area contributed by atoms with Gasteiger partial charge in [0.1, 0.15) is 33.2 Å². The fourth-order valence-corrected chi connectivity index (χ4v) is 7.04. The van der Waals surface area contributed by atoms with Crippen LogP contribution in [-0.2, 0) is 25.6 Å². The molecule has 1 saturated heterocycles. The number of carbonyl (C=O) groups is 3. The largest absolute Gasteiger partial charge is 0.477 e. The van der Waals surface area contributed by atoms with Gasteiger partial charge in [0.25, 0.3) is 11.8 Å². The van der Waals surface area contributed by atoms with Crippen molar-refractivity contribution in [3.63, 3.8) is 0 Å². The van der Waals surface area contributed by atoms with Crippen LogP contribution in [0.15, 0.2) is 38.3 Å². The molecule has 0 radical (unpaired) electrons. The number of carbonyl (C=O) groups excluding carboxylic acids is 2. The maximum atomic E-state index is 12.8. The summed E-state index contributed by atoms with van der Waals surface area (Å²) in [7, 11) is 0. The molecule has 32 heavy (non-hydrogen) atoms. The topological polar surface area (TPSA) is 130 Å². The Hall–Kier alpha value is -2.35. The van der Waals surface area contributed by atoms with Gasteiger partial charge in [-0.15, -0.1) is 23.1 Å². The Balaban J connectivity index is 1.49. The lowest BCUT2D eigenvalue weighted by Crippen LogP contribution is -2.71. The van der Waals surface area contributed by atoms with Crippen molar-refractivity contribution in [1.29, 1.82) is 0 Å². The third-order valence-electron chi connectivity index (χ3n) is 4.81. The van der Waals surface area contributed by atoms with E-state index >= 15 is 0 Å². The number of aliphatic carboxylic acids is 1. The number of hydrogen-bond donors (Lipinski definition) is 2. The second-order valence-corrected chi connectivity index (χ2v) is 10.5. The van der Waals surface area contributed by atoms with Crippen LogP contribution in [0.25, 0.3) is 0 Å². The molecule has 4 rings (SSSR count). The molecule has 0 aliphatic carbocycles. The molecule has 2 aromatic heterocycles. The first-order valence-corrected chi connectivity index (χ1v) is 13.0. The van der Waals surface area contributed by atoms with Gasteiger partial charge >= 0.3 is 5.97 Å². The standard InChI is InChI=1S/C19H17N3O6S4/c1-8-19(28-9(2)20-8)31-7-10-6-30-17-12(16(24)22(17)13(10)18(25)26)21-15(23)14(32-27)11-4-3-5-29-11/h3-5,12,17H,6-7H2,1-2H3,(H,21,23)(H,25,26)/t12?,17-/m1/s1. The van der Waals surface area contributed by atoms with Gasteiger partial charge in [0, 0.05) is 18.4 Å². The first-order valence-electron chi connectivity index (χ1n) is 9.30. The molecular formula is C19H17N3O6S4. The summed E-state index contributed by atoms with van der Waals surface area (Å²) in [6, 6.07) is 2.49. The summed E-state index contributed by atoms with van der Waals surface area (Å²) in [4.78, 5) is 43.3. The minimum atomic E-state index is -1.20. The first-order chi connectivity index (χ1) is 15.3. The lowest BCUT2D eigenvalue weighted by Gasteiger charge is -2.49. The number of thiophene rings is 1. The summed E-state index contributed by atoms with van der Waals surface area (Å²) in [5.41, 5.74) is 1.26. The van der Waals surface area contributed by atoms with Crippen LogP contribution in [0.2, 0.25) is 0 Å². The average molecular weight is 512 g/mol.